The highest BCUT2D eigenvalue weighted by Crippen LogP contribution is 2.38. The van der Waals surface area contributed by atoms with Gasteiger partial charge in [-0.3, -0.25) is 9.59 Å². The minimum atomic E-state index is -0.574. The number of fused-ring (bicyclic) bond motifs is 1. The molecule has 1 heterocycles. The molecule has 2 rings (SSSR count). The molecule has 0 bridgehead atoms. The molecule has 0 saturated carbocycles. The van der Waals surface area contributed by atoms with Crippen molar-refractivity contribution in [2.75, 3.05) is 23.4 Å². The van der Waals surface area contributed by atoms with E-state index in [2.05, 4.69) is 5.32 Å². The monoisotopic (exact) mass is 332 g/mol. The van der Waals surface area contributed by atoms with Crippen LogP contribution in [0.15, 0.2) is 18.2 Å². The van der Waals surface area contributed by atoms with Crippen molar-refractivity contribution in [3.8, 4) is 5.75 Å². The molecule has 1 aromatic rings. The van der Waals surface area contributed by atoms with Crippen LogP contribution in [-0.2, 0) is 9.59 Å². The lowest BCUT2D eigenvalue weighted by Crippen LogP contribution is -2.42. The molecule has 132 valence electrons. The van der Waals surface area contributed by atoms with Gasteiger partial charge in [0.25, 0.3) is 0 Å². The van der Waals surface area contributed by atoms with Crippen molar-refractivity contribution in [2.24, 2.45) is 11.3 Å². The fourth-order valence-corrected chi connectivity index (χ4v) is 2.75. The number of benzene rings is 1. The number of nitrogens with zero attached hydrogens (tertiary/aromatic N) is 1. The van der Waals surface area contributed by atoms with Gasteiger partial charge in [0.1, 0.15) is 12.4 Å². The highest BCUT2D eigenvalue weighted by Gasteiger charge is 2.37. The van der Waals surface area contributed by atoms with E-state index in [0.29, 0.717) is 36.9 Å². The smallest absolute Gasteiger partial charge is 0.236 e. The third kappa shape index (κ3) is 4.08. The van der Waals surface area contributed by atoms with Gasteiger partial charge in [0.2, 0.25) is 11.8 Å². The molecule has 0 fully saturated rings. The molecule has 0 radical (unpaired) electrons. The Morgan fingerprint density at radius 1 is 1.38 bits per heavy atom. The van der Waals surface area contributed by atoms with E-state index in [0.717, 1.165) is 12.1 Å². The van der Waals surface area contributed by atoms with Crippen molar-refractivity contribution < 1.29 is 14.3 Å². The Kier molecular flexibility index (Phi) is 5.52. The zero-order valence-electron chi connectivity index (χ0n) is 15.3. The largest absolute Gasteiger partial charge is 0.490 e. The van der Waals surface area contributed by atoms with Crippen LogP contribution in [0.25, 0.3) is 0 Å². The summed E-state index contributed by atoms with van der Waals surface area (Å²) in [6.45, 7) is 10.8. The van der Waals surface area contributed by atoms with Gasteiger partial charge in [-0.25, -0.2) is 0 Å². The lowest BCUT2D eigenvalue weighted by molar-refractivity contribution is -0.127. The first-order valence-electron chi connectivity index (χ1n) is 8.63. The first-order valence-corrected chi connectivity index (χ1v) is 8.63. The summed E-state index contributed by atoms with van der Waals surface area (Å²) in [6, 6.07) is 5.49. The van der Waals surface area contributed by atoms with Crippen molar-refractivity contribution in [2.45, 2.75) is 47.5 Å². The lowest BCUT2D eigenvalue weighted by Gasteiger charge is -2.27. The van der Waals surface area contributed by atoms with Crippen LogP contribution in [0.1, 0.15) is 47.5 Å². The zero-order chi connectivity index (χ0) is 17.9. The molecular weight excluding hydrogens is 304 g/mol. The van der Waals surface area contributed by atoms with E-state index in [4.69, 9.17) is 4.74 Å². The minimum Gasteiger partial charge on any atom is -0.490 e. The average molecular weight is 332 g/mol. The SMILES string of the molecule is CCCN1C(=O)C(C)(C)COc2ccc(NC(=O)CC(C)C)cc21. The number of carbonyl (C=O) groups is 2. The van der Waals surface area contributed by atoms with Crippen molar-refractivity contribution in [3.63, 3.8) is 0 Å². The van der Waals surface area contributed by atoms with Crippen molar-refractivity contribution >= 4 is 23.2 Å². The lowest BCUT2D eigenvalue weighted by atomic mass is 9.93. The van der Waals surface area contributed by atoms with Gasteiger partial charge in [0, 0.05) is 18.7 Å². The molecule has 0 saturated heterocycles. The predicted octanol–water partition coefficient (Wildman–Crippen LogP) is 3.83. The highest BCUT2D eigenvalue weighted by atomic mass is 16.5. The molecule has 1 N–H and O–H groups in total. The summed E-state index contributed by atoms with van der Waals surface area (Å²) >= 11 is 0. The van der Waals surface area contributed by atoms with Gasteiger partial charge >= 0.3 is 0 Å². The van der Waals surface area contributed by atoms with Crippen LogP contribution in [0, 0.1) is 11.3 Å². The maximum absolute atomic E-state index is 12.9. The first-order chi connectivity index (χ1) is 11.2. The number of hydrogen-bond donors (Lipinski definition) is 1. The summed E-state index contributed by atoms with van der Waals surface area (Å²) in [7, 11) is 0. The van der Waals surface area contributed by atoms with Crippen LogP contribution < -0.4 is 15.0 Å². The first kappa shape index (κ1) is 18.3. The van der Waals surface area contributed by atoms with E-state index in [9.17, 15) is 9.59 Å². The number of ether oxygens (including phenoxy) is 1. The van der Waals surface area contributed by atoms with Gasteiger partial charge in [-0.1, -0.05) is 20.8 Å². The molecule has 1 aliphatic rings. The Balaban J connectivity index is 2.33. The molecular formula is C19H28N2O3. The maximum atomic E-state index is 12.9. The molecule has 0 spiro atoms. The second-order valence-corrected chi connectivity index (χ2v) is 7.46. The molecule has 0 aliphatic carbocycles. The highest BCUT2D eigenvalue weighted by molar-refractivity contribution is 6.00. The summed E-state index contributed by atoms with van der Waals surface area (Å²) in [5.41, 5.74) is 0.848. The molecule has 0 unspecified atom stereocenters. The van der Waals surface area contributed by atoms with E-state index in [1.165, 1.54) is 0 Å². The third-order valence-corrected chi connectivity index (χ3v) is 3.99. The second-order valence-electron chi connectivity index (χ2n) is 7.46. The number of hydrogen-bond acceptors (Lipinski definition) is 3. The zero-order valence-corrected chi connectivity index (χ0v) is 15.3. The number of carbonyl (C=O) groups excluding carboxylic acids is 2. The van der Waals surface area contributed by atoms with E-state index in [1.807, 2.05) is 52.8 Å². The predicted molar refractivity (Wildman–Crippen MR) is 96.4 cm³/mol. The standard InChI is InChI=1S/C19H28N2O3/c1-6-9-21-15-11-14(20-17(22)10-13(2)3)7-8-16(15)24-12-19(4,5)18(21)23/h7-8,11,13H,6,9-10,12H2,1-5H3,(H,20,22). The van der Waals surface area contributed by atoms with Crippen LogP contribution in [0.2, 0.25) is 0 Å². The number of nitrogens with one attached hydrogen (secondary N) is 1. The third-order valence-electron chi connectivity index (χ3n) is 3.99. The van der Waals surface area contributed by atoms with Crippen molar-refractivity contribution in [1.29, 1.82) is 0 Å². The van der Waals surface area contributed by atoms with Gasteiger partial charge in [-0.15, -0.1) is 0 Å². The molecule has 5 nitrogen and oxygen atoms in total. The Labute approximate surface area is 144 Å². The van der Waals surface area contributed by atoms with Gasteiger partial charge < -0.3 is 15.0 Å². The number of amides is 2. The fraction of sp³-hybridized carbons (Fsp3) is 0.579. The van der Waals surface area contributed by atoms with Crippen LogP contribution in [0.5, 0.6) is 5.75 Å². The molecule has 24 heavy (non-hydrogen) atoms. The fourth-order valence-electron chi connectivity index (χ4n) is 2.75. The second kappa shape index (κ2) is 7.24. The van der Waals surface area contributed by atoms with Gasteiger partial charge in [-0.2, -0.15) is 0 Å². The molecule has 1 aliphatic heterocycles. The average Bonchev–Trinajstić information content (AvgIpc) is 2.57. The minimum absolute atomic E-state index is 0.0202. The quantitative estimate of drug-likeness (QED) is 0.891. The van der Waals surface area contributed by atoms with Crippen LogP contribution in [0.4, 0.5) is 11.4 Å². The van der Waals surface area contributed by atoms with Gasteiger partial charge in [0.15, 0.2) is 0 Å². The Morgan fingerprint density at radius 2 is 2.08 bits per heavy atom. The summed E-state index contributed by atoms with van der Waals surface area (Å²) < 4.78 is 5.86. The molecule has 0 aromatic heterocycles. The molecule has 5 heteroatoms. The topological polar surface area (TPSA) is 58.6 Å². The van der Waals surface area contributed by atoms with Crippen molar-refractivity contribution in [1.82, 2.24) is 0 Å². The Hall–Kier alpha value is -2.04. The van der Waals surface area contributed by atoms with Gasteiger partial charge in [-0.05, 0) is 44.4 Å². The van der Waals surface area contributed by atoms with Crippen molar-refractivity contribution in [3.05, 3.63) is 18.2 Å². The summed E-state index contributed by atoms with van der Waals surface area (Å²) in [4.78, 5) is 26.6. The van der Waals surface area contributed by atoms with Gasteiger partial charge in [0.05, 0.1) is 11.1 Å². The number of anilines is 2. The van der Waals surface area contributed by atoms with E-state index < -0.39 is 5.41 Å². The normalized spacial score (nSPS) is 16.4. The summed E-state index contributed by atoms with van der Waals surface area (Å²) in [6.07, 6.45) is 1.32. The van der Waals surface area contributed by atoms with E-state index in [-0.39, 0.29) is 11.8 Å². The Bertz CT molecular complexity index is 623. The van der Waals surface area contributed by atoms with Crippen LogP contribution in [0.3, 0.4) is 0 Å². The molecule has 0 atom stereocenters. The maximum Gasteiger partial charge on any atom is 0.236 e. The summed E-state index contributed by atoms with van der Waals surface area (Å²) in [5.74, 6) is 1.01. The molecule has 1 aromatic carbocycles. The summed E-state index contributed by atoms with van der Waals surface area (Å²) in [5, 5.41) is 2.91. The molecule has 2 amide bonds. The van der Waals surface area contributed by atoms with E-state index in [1.54, 1.807) is 4.90 Å². The van der Waals surface area contributed by atoms with E-state index >= 15 is 0 Å². The van der Waals surface area contributed by atoms with Crippen LogP contribution in [-0.4, -0.2) is 25.0 Å². The van der Waals surface area contributed by atoms with Crippen LogP contribution >= 0.6 is 0 Å². The number of rotatable bonds is 5. The Morgan fingerprint density at radius 3 is 2.71 bits per heavy atom.